The summed E-state index contributed by atoms with van der Waals surface area (Å²) in [6, 6.07) is 0.180. The van der Waals surface area contributed by atoms with Crippen molar-refractivity contribution in [3.05, 3.63) is 12.1 Å². The molecule has 1 heteroatoms. The van der Waals surface area contributed by atoms with Crippen molar-refractivity contribution >= 4 is 5.78 Å². The van der Waals surface area contributed by atoms with E-state index in [4.69, 9.17) is 1.37 Å². The minimum absolute atomic E-state index is 0.124. The first-order valence-corrected chi connectivity index (χ1v) is 5.96. The van der Waals surface area contributed by atoms with Gasteiger partial charge in [0.1, 0.15) is 0 Å². The molecule has 1 fully saturated rings. The molecule has 0 radical (unpaired) electrons. The van der Waals surface area contributed by atoms with Gasteiger partial charge in [-0.25, -0.2) is 0 Å². The van der Waals surface area contributed by atoms with Crippen LogP contribution < -0.4 is 0 Å². The molecule has 0 aromatic carbocycles. The molecule has 0 N–H and O–H groups in total. The Bertz CT molecular complexity index is 304. The lowest BCUT2D eigenvalue weighted by molar-refractivity contribution is -0.112. The Morgan fingerprint density at radius 2 is 2.00 bits per heavy atom. The van der Waals surface area contributed by atoms with Crippen LogP contribution in [0.15, 0.2) is 12.1 Å². The molecule has 1 saturated carbocycles. The van der Waals surface area contributed by atoms with Crippen LogP contribution >= 0.6 is 0 Å². The Morgan fingerprint density at radius 1 is 1.40 bits per heavy atom. The maximum absolute atomic E-state index is 11.2. The highest BCUT2D eigenvalue weighted by Gasteiger charge is 2.39. The maximum Gasteiger partial charge on any atom is 0.152 e. The van der Waals surface area contributed by atoms with Crippen molar-refractivity contribution in [1.29, 1.82) is 0 Å². The second-order valence-electron chi connectivity index (χ2n) is 5.67. The fraction of sp³-hybridized carbons (Fsp3) is 0.786. The van der Waals surface area contributed by atoms with Crippen molar-refractivity contribution in [2.24, 2.45) is 23.2 Å². The van der Waals surface area contributed by atoms with E-state index < -0.39 is 0 Å². The standard InChI is InChI=1S/C14H24O/c1-10-6-7-11(2)14(4,5)13(10)9-8-12(3)15/h8-11,13H,6-7H2,1-5H3/b9-8+/t10-,11-,13+/m1/s1/i8D. The van der Waals surface area contributed by atoms with E-state index in [1.165, 1.54) is 19.8 Å². The molecule has 0 aliphatic heterocycles. The summed E-state index contributed by atoms with van der Waals surface area (Å²) < 4.78 is 7.71. The highest BCUT2D eigenvalue weighted by atomic mass is 16.1. The molecule has 1 nitrogen and oxygen atoms in total. The van der Waals surface area contributed by atoms with Crippen molar-refractivity contribution in [3.8, 4) is 0 Å². The smallest absolute Gasteiger partial charge is 0.152 e. The molecule has 1 aliphatic rings. The van der Waals surface area contributed by atoms with Crippen molar-refractivity contribution in [2.45, 2.75) is 47.5 Å². The van der Waals surface area contributed by atoms with Crippen LogP contribution in [-0.2, 0) is 4.79 Å². The van der Waals surface area contributed by atoms with Gasteiger partial charge in [0.05, 0.1) is 1.37 Å². The maximum atomic E-state index is 11.2. The van der Waals surface area contributed by atoms with E-state index >= 15 is 0 Å². The molecule has 0 aromatic rings. The molecular weight excluding hydrogens is 184 g/mol. The Labute approximate surface area is 95.4 Å². The van der Waals surface area contributed by atoms with Crippen LogP contribution in [0.4, 0.5) is 0 Å². The van der Waals surface area contributed by atoms with Gasteiger partial charge in [-0.2, -0.15) is 0 Å². The molecule has 0 spiro atoms. The lowest BCUT2D eigenvalue weighted by Gasteiger charge is -2.46. The summed E-state index contributed by atoms with van der Waals surface area (Å²) in [5.74, 6) is 1.46. The van der Waals surface area contributed by atoms with Gasteiger partial charge >= 0.3 is 0 Å². The topological polar surface area (TPSA) is 17.1 Å². The minimum Gasteiger partial charge on any atom is -0.295 e. The van der Waals surface area contributed by atoms with Crippen LogP contribution in [0.5, 0.6) is 0 Å². The van der Waals surface area contributed by atoms with Crippen molar-refractivity contribution in [2.75, 3.05) is 0 Å². The van der Waals surface area contributed by atoms with Crippen LogP contribution in [0, 0.1) is 23.2 Å². The van der Waals surface area contributed by atoms with Gasteiger partial charge in [0.25, 0.3) is 0 Å². The predicted octanol–water partition coefficient (Wildman–Crippen LogP) is 3.84. The average molecular weight is 209 g/mol. The van der Waals surface area contributed by atoms with Crippen LogP contribution in [-0.4, -0.2) is 5.78 Å². The lowest BCUT2D eigenvalue weighted by atomic mass is 9.59. The van der Waals surface area contributed by atoms with Crippen molar-refractivity contribution in [3.63, 3.8) is 0 Å². The van der Waals surface area contributed by atoms with E-state index in [-0.39, 0.29) is 17.3 Å². The molecule has 1 rings (SSSR count). The molecule has 86 valence electrons. The third kappa shape index (κ3) is 2.70. The Morgan fingerprint density at radius 3 is 2.53 bits per heavy atom. The van der Waals surface area contributed by atoms with Crippen molar-refractivity contribution < 1.29 is 6.17 Å². The van der Waals surface area contributed by atoms with Crippen molar-refractivity contribution in [1.82, 2.24) is 0 Å². The predicted molar refractivity (Wildman–Crippen MR) is 64.7 cm³/mol. The molecule has 0 unspecified atom stereocenters. The number of carbonyl (C=O) groups is 1. The summed E-state index contributed by atoms with van der Waals surface area (Å²) in [5.41, 5.74) is 0.194. The summed E-state index contributed by atoms with van der Waals surface area (Å²) >= 11 is 0. The third-order valence-electron chi connectivity index (χ3n) is 4.26. The van der Waals surface area contributed by atoms with E-state index in [2.05, 4.69) is 27.7 Å². The van der Waals surface area contributed by atoms with E-state index in [1.807, 2.05) is 6.08 Å². The fourth-order valence-electron chi connectivity index (χ4n) is 2.71. The van der Waals surface area contributed by atoms with E-state index in [0.29, 0.717) is 17.8 Å². The fourth-order valence-corrected chi connectivity index (χ4v) is 2.71. The molecule has 0 saturated heterocycles. The molecule has 0 aromatic heterocycles. The Hall–Kier alpha value is -0.590. The summed E-state index contributed by atoms with van der Waals surface area (Å²) in [6.07, 6.45) is 4.35. The van der Waals surface area contributed by atoms with Gasteiger partial charge in [0.15, 0.2) is 5.78 Å². The highest BCUT2D eigenvalue weighted by Crippen LogP contribution is 2.48. The van der Waals surface area contributed by atoms with Gasteiger partial charge in [-0.3, -0.25) is 4.79 Å². The summed E-state index contributed by atoms with van der Waals surface area (Å²) in [7, 11) is 0. The molecule has 0 amide bonds. The van der Waals surface area contributed by atoms with Gasteiger partial charge in [0, 0.05) is 0 Å². The molecule has 15 heavy (non-hydrogen) atoms. The minimum atomic E-state index is -0.124. The molecule has 3 atom stereocenters. The van der Waals surface area contributed by atoms with Gasteiger partial charge in [-0.05, 0) is 49.0 Å². The molecular formula is C14H24O. The largest absolute Gasteiger partial charge is 0.295 e. The van der Waals surface area contributed by atoms with Crippen LogP contribution in [0.2, 0.25) is 0 Å². The summed E-state index contributed by atoms with van der Waals surface area (Å²) in [4.78, 5) is 11.2. The lowest BCUT2D eigenvalue weighted by Crippen LogP contribution is -2.38. The number of rotatable bonds is 2. The van der Waals surface area contributed by atoms with E-state index in [1.54, 1.807) is 0 Å². The normalized spacial score (nSPS) is 37.3. The number of allylic oxidation sites excluding steroid dienone is 2. The monoisotopic (exact) mass is 209 g/mol. The third-order valence-corrected chi connectivity index (χ3v) is 4.26. The molecule has 0 heterocycles. The summed E-state index contributed by atoms with van der Waals surface area (Å²) in [6.45, 7) is 10.5. The zero-order valence-electron chi connectivity index (χ0n) is 11.6. The Balaban J connectivity index is 2.98. The Kier molecular flexibility index (Phi) is 3.28. The van der Waals surface area contributed by atoms with E-state index in [0.717, 1.165) is 0 Å². The zero-order chi connectivity index (χ0) is 12.5. The number of hydrogen-bond acceptors (Lipinski definition) is 1. The zero-order valence-corrected chi connectivity index (χ0v) is 10.6. The second kappa shape index (κ2) is 4.51. The quantitative estimate of drug-likeness (QED) is 0.631. The number of hydrogen-bond donors (Lipinski definition) is 0. The highest BCUT2D eigenvalue weighted by molar-refractivity contribution is 5.87. The van der Waals surface area contributed by atoms with Crippen LogP contribution in [0.25, 0.3) is 0 Å². The van der Waals surface area contributed by atoms with E-state index in [9.17, 15) is 4.79 Å². The van der Waals surface area contributed by atoms with Gasteiger partial charge in [-0.15, -0.1) is 0 Å². The van der Waals surface area contributed by atoms with Gasteiger partial charge < -0.3 is 0 Å². The second-order valence-corrected chi connectivity index (χ2v) is 5.67. The number of ketones is 1. The van der Waals surface area contributed by atoms with Gasteiger partial charge in [-0.1, -0.05) is 33.8 Å². The first-order chi connectivity index (χ1) is 7.26. The first kappa shape index (κ1) is 10.9. The molecule has 1 aliphatic carbocycles. The average Bonchev–Trinajstić information content (AvgIpc) is 2.18. The SMILES string of the molecule is [2H]/C(=C\[C@H]1[C@H](C)CC[C@@H](C)C1(C)C)C(C)=O. The first-order valence-electron chi connectivity index (χ1n) is 6.46. The number of carbonyl (C=O) groups excluding carboxylic acids is 1. The summed E-state index contributed by atoms with van der Waals surface area (Å²) in [5, 5.41) is 0. The van der Waals surface area contributed by atoms with Crippen LogP contribution in [0.3, 0.4) is 0 Å². The molecule has 0 bridgehead atoms. The van der Waals surface area contributed by atoms with Crippen LogP contribution in [0.1, 0.15) is 48.8 Å². The van der Waals surface area contributed by atoms with Gasteiger partial charge in [0.2, 0.25) is 0 Å².